The maximum atomic E-state index is 15.2. The van der Waals surface area contributed by atoms with E-state index in [1.54, 1.807) is 73.2 Å². The summed E-state index contributed by atoms with van der Waals surface area (Å²) in [4.78, 5) is 96.6. The van der Waals surface area contributed by atoms with Crippen molar-refractivity contribution in [1.29, 1.82) is 15.8 Å². The van der Waals surface area contributed by atoms with Crippen molar-refractivity contribution in [3.05, 3.63) is 255 Å². The lowest BCUT2D eigenvalue weighted by Gasteiger charge is -2.37. The molecule has 4 aliphatic carbocycles. The minimum absolute atomic E-state index is 0.0260. The number of hydrogen-bond acceptors (Lipinski definition) is 24. The Morgan fingerprint density at radius 1 is 0.382 bits per heavy atom. The number of nitrogens with zero attached hydrogens (tertiary/aromatic N) is 12. The predicted molar refractivity (Wildman–Crippen MR) is 460 cm³/mol. The molecule has 622 valence electrons. The first-order chi connectivity index (χ1) is 59.7. The normalized spacial score (nSPS) is 19.5. The van der Waals surface area contributed by atoms with Gasteiger partial charge in [0.1, 0.15) is 29.2 Å². The standard InChI is InChI=1S/C29H23FN6O2.C21H23FN6O.C21H21FN6.C20H16ClFN4O2/c30-21-15-17(16-31)26(33-23-12-5-11-22-20(23)9-6-14-32-22)35-27(21)34-24-10-3-4-13-25(24)36-28(37)18-7-1-2-8-19(18)29(36)38;22-14-11-13(19(24)29)20(28-21(14)27-18-7-2-1-6-15(18)23)26-17-9-3-8-16-12(17)5-4-10-25-16;22-15-11-13(12-23)20(28-21(15)27-19-7-2-1-6-16(19)24)26-18-9-3-8-17-14(18)5-4-10-25-17;21-17-11(10-23)9-14(22)18(25-17)24-15-7-3-4-8-16(15)26-19(27)12-5-1-2-6-13(12)20(26)28/h1-2,5-9,11-12,14-15,24-25H,3-4,10,13H2,(H2,33,34,35);3-5,8-11,15,18H,1-2,6-7,23H2,(H2,24,29)(H2,26,27,28);3-5,8-11,16,19H,1-2,6-7,24H2,(H2,26,27,28);1-2,5-6,9,15-16H,3-4,7-8H2,(H,24,25)/t24-,25+;15-,18+;16-,19+;15-,16+/m1001/s1. The van der Waals surface area contributed by atoms with Crippen LogP contribution in [0.3, 0.4) is 0 Å². The van der Waals surface area contributed by atoms with E-state index in [-0.39, 0.29) is 116 Å². The lowest BCUT2D eigenvalue weighted by molar-refractivity contribution is 0.0519. The Labute approximate surface area is 708 Å². The number of imide groups is 2. The zero-order valence-electron chi connectivity index (χ0n) is 66.3. The molecule has 9 heterocycles. The zero-order valence-corrected chi connectivity index (χ0v) is 67.0. The highest BCUT2D eigenvalue weighted by molar-refractivity contribution is 6.30. The smallest absolute Gasteiger partial charge is 0.261 e. The molecule has 123 heavy (non-hydrogen) atoms. The van der Waals surface area contributed by atoms with Gasteiger partial charge in [-0.3, -0.25) is 48.7 Å². The van der Waals surface area contributed by atoms with E-state index in [1.807, 2.05) is 103 Å². The van der Waals surface area contributed by atoms with E-state index in [0.29, 0.717) is 65.1 Å². The molecular formula is C91H83ClF4N22O5. The van der Waals surface area contributed by atoms with Gasteiger partial charge in [-0.15, -0.1) is 0 Å². The number of halogens is 5. The van der Waals surface area contributed by atoms with Crippen molar-refractivity contribution in [2.45, 2.75) is 151 Å². The number of amides is 5. The van der Waals surface area contributed by atoms with Crippen LogP contribution in [0.1, 0.15) is 171 Å². The van der Waals surface area contributed by atoms with E-state index in [1.165, 1.54) is 15.9 Å². The maximum Gasteiger partial charge on any atom is 0.261 e. The van der Waals surface area contributed by atoms with Crippen molar-refractivity contribution < 1.29 is 41.5 Å². The number of pyridine rings is 7. The van der Waals surface area contributed by atoms with Gasteiger partial charge in [0.15, 0.2) is 58.2 Å². The average molecular weight is 1680 g/mol. The van der Waals surface area contributed by atoms with E-state index in [0.717, 1.165) is 134 Å². The minimum Gasteiger partial charge on any atom is -0.365 e. The number of fused-ring (bicyclic) bond motifs is 5. The van der Waals surface area contributed by atoms with Gasteiger partial charge in [0.2, 0.25) is 0 Å². The number of anilines is 10. The van der Waals surface area contributed by atoms with Gasteiger partial charge in [-0.25, -0.2) is 37.5 Å². The summed E-state index contributed by atoms with van der Waals surface area (Å²) in [7, 11) is 0. The topological polar surface area (TPSA) is 416 Å². The highest BCUT2D eigenvalue weighted by Crippen LogP contribution is 2.39. The van der Waals surface area contributed by atoms with Crippen LogP contribution in [0.25, 0.3) is 32.7 Å². The molecule has 32 heteroatoms. The van der Waals surface area contributed by atoms with E-state index in [9.17, 15) is 47.7 Å². The number of hydrogen-bond donors (Lipinski definition) is 10. The summed E-state index contributed by atoms with van der Waals surface area (Å²) >= 11 is 5.93. The van der Waals surface area contributed by atoms with Gasteiger partial charge in [-0.1, -0.05) is 105 Å². The Hall–Kier alpha value is -14.3. The van der Waals surface area contributed by atoms with Crippen molar-refractivity contribution in [3.63, 3.8) is 0 Å². The number of nitrogens with one attached hydrogen (secondary N) is 7. The van der Waals surface area contributed by atoms with Gasteiger partial charge in [0, 0.05) is 88.1 Å². The Morgan fingerprint density at radius 2 is 0.699 bits per heavy atom. The zero-order chi connectivity index (χ0) is 86.0. The number of carbonyl (C=O) groups is 5. The Bertz CT molecular complexity index is 6140. The highest BCUT2D eigenvalue weighted by atomic mass is 35.5. The highest BCUT2D eigenvalue weighted by Gasteiger charge is 2.46. The van der Waals surface area contributed by atoms with Crippen LogP contribution in [-0.4, -0.2) is 123 Å². The lowest BCUT2D eigenvalue weighted by Crippen LogP contribution is -2.51. The van der Waals surface area contributed by atoms with Crippen LogP contribution >= 0.6 is 11.6 Å². The summed E-state index contributed by atoms with van der Waals surface area (Å²) in [6.07, 6.45) is 18.8. The molecule has 0 unspecified atom stereocenters. The molecule has 5 amide bonds. The Morgan fingerprint density at radius 3 is 1.07 bits per heavy atom. The molecule has 4 fully saturated rings. The molecule has 27 nitrogen and oxygen atoms in total. The summed E-state index contributed by atoms with van der Waals surface area (Å²) < 4.78 is 58.7. The SMILES string of the molecule is N#Cc1cc(F)c(N[C@@H]2CCCC[C@@H]2N)nc1Nc1cccc2ncccc12.N#Cc1cc(F)c(N[C@@H]2CCCC[C@@H]2N2C(=O)c3ccccc3C2=O)nc1Cl.N#Cc1cc(F)c(N[C@@H]2CCCC[C@@H]2N2C(=O)c3ccccc3C2=O)nc1Nc1cccc2ncccc12.NC(=O)c1cc(F)c(N[C@@H]2CCCC[C@@H]2N)nc1Nc1cccc2ncccc12. The first-order valence-corrected chi connectivity index (χ1v) is 40.9. The molecule has 12 aromatic rings. The fourth-order valence-electron chi connectivity index (χ4n) is 16.7. The van der Waals surface area contributed by atoms with Crippen molar-refractivity contribution in [2.75, 3.05) is 37.2 Å². The summed E-state index contributed by atoms with van der Waals surface area (Å²) in [6, 6.07) is 49.9. The van der Waals surface area contributed by atoms with E-state index in [4.69, 9.17) is 34.1 Å². The summed E-state index contributed by atoms with van der Waals surface area (Å²) in [6.45, 7) is 0. The molecule has 18 rings (SSSR count). The van der Waals surface area contributed by atoms with Gasteiger partial charge < -0.3 is 54.4 Å². The number of aromatic nitrogens is 7. The van der Waals surface area contributed by atoms with Crippen LogP contribution in [0, 0.1) is 57.3 Å². The fraction of sp³-hybridized carbons (Fsp3) is 0.264. The molecule has 8 atom stereocenters. The van der Waals surface area contributed by atoms with Crippen molar-refractivity contribution in [2.24, 2.45) is 17.2 Å². The second-order valence-electron chi connectivity index (χ2n) is 30.7. The third-order valence-corrected chi connectivity index (χ3v) is 23.2. The minimum atomic E-state index is -0.766. The van der Waals surface area contributed by atoms with Crippen LogP contribution in [0.15, 0.2) is 182 Å². The second-order valence-corrected chi connectivity index (χ2v) is 31.0. The Balaban J connectivity index is 0.000000128. The van der Waals surface area contributed by atoms with Gasteiger partial charge in [0.25, 0.3) is 29.5 Å². The monoisotopic (exact) mass is 1670 g/mol. The summed E-state index contributed by atoms with van der Waals surface area (Å²) in [5.74, 6) is -3.94. The van der Waals surface area contributed by atoms with Gasteiger partial charge in [-0.2, -0.15) is 15.8 Å². The van der Waals surface area contributed by atoms with Gasteiger partial charge in [-0.05, 0) is 173 Å². The quantitative estimate of drug-likeness (QED) is 0.0230. The van der Waals surface area contributed by atoms with Gasteiger partial charge in [0.05, 0.1) is 73.1 Å². The molecule has 13 N–H and O–H groups in total. The summed E-state index contributed by atoms with van der Waals surface area (Å²) in [5.41, 5.74) is 24.0. The molecule has 0 bridgehead atoms. The predicted octanol–water partition coefficient (Wildman–Crippen LogP) is 16.5. The van der Waals surface area contributed by atoms with E-state index in [2.05, 4.69) is 72.1 Å². The fourth-order valence-corrected chi connectivity index (χ4v) is 16.8. The average Bonchev–Trinajstić information content (AvgIpc) is 1.62. The Kier molecular flexibility index (Phi) is 25.6. The van der Waals surface area contributed by atoms with Crippen molar-refractivity contribution in [1.82, 2.24) is 44.7 Å². The molecular weight excluding hydrogens is 1590 g/mol. The van der Waals surface area contributed by atoms with E-state index < -0.39 is 47.3 Å². The molecule has 5 aromatic carbocycles. The lowest BCUT2D eigenvalue weighted by atomic mass is 9.89. The number of primary amides is 1. The van der Waals surface area contributed by atoms with Gasteiger partial charge >= 0.3 is 0 Å². The molecule has 2 aliphatic heterocycles. The molecule has 4 saturated carbocycles. The van der Waals surface area contributed by atoms with E-state index >= 15 is 4.39 Å². The first-order valence-electron chi connectivity index (χ1n) is 40.6. The van der Waals surface area contributed by atoms with Crippen LogP contribution in [0.4, 0.5) is 75.3 Å². The summed E-state index contributed by atoms with van der Waals surface area (Å²) in [5, 5.41) is 52.4. The third-order valence-electron chi connectivity index (χ3n) is 22.9. The molecule has 0 saturated heterocycles. The second kappa shape index (κ2) is 37.5. The van der Waals surface area contributed by atoms with Crippen LogP contribution < -0.4 is 54.4 Å². The third kappa shape index (κ3) is 18.3. The van der Waals surface area contributed by atoms with Crippen LogP contribution in [0.5, 0.6) is 0 Å². The number of nitriles is 3. The number of rotatable bonds is 17. The largest absolute Gasteiger partial charge is 0.365 e. The molecule has 0 spiro atoms. The maximum absolute atomic E-state index is 15.2. The van der Waals surface area contributed by atoms with Crippen LogP contribution in [-0.2, 0) is 0 Å². The number of benzene rings is 5. The first kappa shape index (κ1) is 83.7. The van der Waals surface area contributed by atoms with Crippen molar-refractivity contribution in [3.8, 4) is 18.2 Å². The van der Waals surface area contributed by atoms with Crippen LogP contribution in [0.2, 0.25) is 5.15 Å². The molecule has 7 aromatic heterocycles. The number of carbonyl (C=O) groups excluding carboxylic acids is 5. The molecule has 0 radical (unpaired) electrons. The number of nitrogens with two attached hydrogens (primary N) is 3. The van der Waals surface area contributed by atoms with Crippen molar-refractivity contribution >= 4 is 132 Å². The molecule has 6 aliphatic rings.